The number of aromatic nitrogens is 3. The van der Waals surface area contributed by atoms with Gasteiger partial charge in [-0.15, -0.1) is 0 Å². The van der Waals surface area contributed by atoms with Crippen LogP contribution in [0.5, 0.6) is 0 Å². The smallest absolute Gasteiger partial charge is 0.137 e. The van der Waals surface area contributed by atoms with Crippen LogP contribution in [-0.2, 0) is 5.41 Å². The third-order valence-electron chi connectivity index (χ3n) is 11.3. The van der Waals surface area contributed by atoms with Crippen molar-refractivity contribution in [1.29, 1.82) is 0 Å². The molecule has 11 rings (SSSR count). The minimum absolute atomic E-state index is 0.494. The summed E-state index contributed by atoms with van der Waals surface area (Å²) in [6.07, 6.45) is 2.10. The lowest BCUT2D eigenvalue weighted by Crippen LogP contribution is -2.28. The van der Waals surface area contributed by atoms with E-state index in [9.17, 15) is 0 Å². The van der Waals surface area contributed by atoms with Crippen LogP contribution < -0.4 is 0 Å². The van der Waals surface area contributed by atoms with E-state index in [0.717, 1.165) is 50.3 Å². The van der Waals surface area contributed by atoms with Crippen molar-refractivity contribution in [2.75, 3.05) is 0 Å². The van der Waals surface area contributed by atoms with E-state index in [2.05, 4.69) is 193 Å². The van der Waals surface area contributed by atoms with E-state index >= 15 is 0 Å². The van der Waals surface area contributed by atoms with Crippen molar-refractivity contribution >= 4 is 27.3 Å². The summed E-state index contributed by atoms with van der Waals surface area (Å²) in [7, 11) is 0. The van der Waals surface area contributed by atoms with Gasteiger partial charge < -0.3 is 0 Å². The quantitative estimate of drug-likeness (QED) is 0.169. The monoisotopic (exact) mass is 687 g/mol. The van der Waals surface area contributed by atoms with Crippen LogP contribution in [0.3, 0.4) is 0 Å². The molecule has 54 heavy (non-hydrogen) atoms. The van der Waals surface area contributed by atoms with Crippen LogP contribution >= 0.6 is 0 Å². The molecule has 0 unspecified atom stereocenters. The van der Waals surface area contributed by atoms with Crippen molar-refractivity contribution in [3.05, 3.63) is 223 Å². The minimum atomic E-state index is -0.494. The van der Waals surface area contributed by atoms with Crippen LogP contribution in [-0.4, -0.2) is 14.4 Å². The first kappa shape index (κ1) is 30.5. The summed E-state index contributed by atoms with van der Waals surface area (Å²) in [6.45, 7) is 0. The Morgan fingerprint density at radius 1 is 0.407 bits per heavy atom. The van der Waals surface area contributed by atoms with E-state index in [1.807, 2.05) is 12.1 Å². The summed E-state index contributed by atoms with van der Waals surface area (Å²) in [6, 6.07) is 69.9. The molecule has 7 aromatic carbocycles. The molecule has 1 aliphatic carbocycles. The van der Waals surface area contributed by atoms with Gasteiger partial charge in [0.15, 0.2) is 0 Å². The summed E-state index contributed by atoms with van der Waals surface area (Å²) in [4.78, 5) is 10.6. The molecule has 0 amide bonds. The molecule has 10 aromatic rings. The summed E-state index contributed by atoms with van der Waals surface area (Å²) in [5, 5.41) is 3.54. The molecular weight excluding hydrogens is 655 g/mol. The molecular formula is C51H33N3. The second-order valence-corrected chi connectivity index (χ2v) is 14.1. The number of nitrogens with zero attached hydrogens (tertiary/aromatic N) is 3. The second-order valence-electron chi connectivity index (χ2n) is 14.1. The fraction of sp³-hybridized carbons (Fsp3) is 0.0196. The molecule has 0 aliphatic heterocycles. The number of rotatable bonds is 5. The van der Waals surface area contributed by atoms with Gasteiger partial charge in [-0.1, -0.05) is 176 Å². The lowest BCUT2D eigenvalue weighted by Gasteiger charge is -2.34. The molecule has 0 bridgehead atoms. The number of hydrogen-bond acceptors (Lipinski definition) is 2. The number of fused-ring (bicyclic) bond motifs is 8. The van der Waals surface area contributed by atoms with Crippen molar-refractivity contribution < 1.29 is 0 Å². The first-order valence-electron chi connectivity index (χ1n) is 18.5. The molecule has 0 spiro atoms. The third kappa shape index (κ3) is 4.36. The number of pyridine rings is 2. The van der Waals surface area contributed by atoms with E-state index in [0.29, 0.717) is 0 Å². The van der Waals surface area contributed by atoms with Gasteiger partial charge in [-0.05, 0) is 57.0 Å². The Hall–Kier alpha value is -7.10. The van der Waals surface area contributed by atoms with Crippen molar-refractivity contribution in [3.63, 3.8) is 0 Å². The Bertz CT molecular complexity index is 2980. The predicted octanol–water partition coefficient (Wildman–Crippen LogP) is 12.4. The Balaban J connectivity index is 1.20. The second kappa shape index (κ2) is 12.0. The zero-order valence-corrected chi connectivity index (χ0v) is 29.4. The zero-order chi connectivity index (χ0) is 35.6. The van der Waals surface area contributed by atoms with Crippen molar-refractivity contribution in [1.82, 2.24) is 14.4 Å². The average molecular weight is 688 g/mol. The SMILES string of the molecule is c1ccc(-c2nc3ccccn3c2-c2ccc(-c3nc4ccccc4c4ccc5c(c34)-c3ccccc3C5(c3ccccc3)c3ccccc3)cc2)cc1. The molecule has 3 heterocycles. The van der Waals surface area contributed by atoms with Crippen LogP contribution in [0.2, 0.25) is 0 Å². The molecule has 0 N–H and O–H groups in total. The maximum Gasteiger partial charge on any atom is 0.137 e. The highest BCUT2D eigenvalue weighted by atomic mass is 15.0. The molecule has 3 heteroatoms. The van der Waals surface area contributed by atoms with Crippen LogP contribution in [0.4, 0.5) is 0 Å². The summed E-state index contributed by atoms with van der Waals surface area (Å²) in [5.74, 6) is 0. The highest BCUT2D eigenvalue weighted by molar-refractivity contribution is 6.18. The number of para-hydroxylation sites is 1. The predicted molar refractivity (Wildman–Crippen MR) is 222 cm³/mol. The van der Waals surface area contributed by atoms with Gasteiger partial charge in [0, 0.05) is 33.7 Å². The Morgan fingerprint density at radius 3 is 1.78 bits per heavy atom. The zero-order valence-electron chi connectivity index (χ0n) is 29.4. The Labute approximate surface area is 313 Å². The van der Waals surface area contributed by atoms with Crippen LogP contribution in [0.1, 0.15) is 22.3 Å². The van der Waals surface area contributed by atoms with Gasteiger partial charge in [0.05, 0.1) is 28.0 Å². The van der Waals surface area contributed by atoms with Gasteiger partial charge in [-0.2, -0.15) is 0 Å². The summed E-state index contributed by atoms with van der Waals surface area (Å²) >= 11 is 0. The van der Waals surface area contributed by atoms with E-state index < -0.39 is 5.41 Å². The fourth-order valence-electron chi connectivity index (χ4n) is 9.04. The minimum Gasteiger partial charge on any atom is -0.299 e. The normalized spacial score (nSPS) is 13.0. The number of benzene rings is 7. The van der Waals surface area contributed by atoms with Crippen LogP contribution in [0.25, 0.3) is 72.2 Å². The topological polar surface area (TPSA) is 30.2 Å². The van der Waals surface area contributed by atoms with Gasteiger partial charge in [0.25, 0.3) is 0 Å². The summed E-state index contributed by atoms with van der Waals surface area (Å²) < 4.78 is 2.19. The van der Waals surface area contributed by atoms with E-state index in [4.69, 9.17) is 9.97 Å². The van der Waals surface area contributed by atoms with Gasteiger partial charge in [0.1, 0.15) is 5.65 Å². The molecule has 0 saturated carbocycles. The Morgan fingerprint density at radius 2 is 1.02 bits per heavy atom. The molecule has 3 nitrogen and oxygen atoms in total. The van der Waals surface area contributed by atoms with Gasteiger partial charge in [-0.3, -0.25) is 4.40 Å². The van der Waals surface area contributed by atoms with Crippen molar-refractivity contribution in [2.24, 2.45) is 0 Å². The van der Waals surface area contributed by atoms with Gasteiger partial charge in [-0.25, -0.2) is 9.97 Å². The average Bonchev–Trinajstić information content (AvgIpc) is 3.79. The first-order chi connectivity index (χ1) is 26.8. The van der Waals surface area contributed by atoms with Gasteiger partial charge in [0.2, 0.25) is 0 Å². The van der Waals surface area contributed by atoms with Crippen LogP contribution in [0.15, 0.2) is 200 Å². The largest absolute Gasteiger partial charge is 0.299 e. The lowest BCUT2D eigenvalue weighted by atomic mass is 9.67. The first-order valence-corrected chi connectivity index (χ1v) is 18.5. The Kier molecular flexibility index (Phi) is 6.77. The van der Waals surface area contributed by atoms with E-state index in [1.165, 1.54) is 44.2 Å². The highest BCUT2D eigenvalue weighted by Crippen LogP contribution is 2.59. The van der Waals surface area contributed by atoms with E-state index in [-0.39, 0.29) is 0 Å². The number of hydrogen-bond donors (Lipinski definition) is 0. The molecule has 0 fully saturated rings. The molecule has 3 aromatic heterocycles. The van der Waals surface area contributed by atoms with Crippen LogP contribution in [0, 0.1) is 0 Å². The summed E-state index contributed by atoms with van der Waals surface area (Å²) in [5.41, 5.74) is 15.3. The molecule has 0 saturated heterocycles. The lowest BCUT2D eigenvalue weighted by molar-refractivity contribution is 0.769. The molecule has 1 aliphatic rings. The fourth-order valence-corrected chi connectivity index (χ4v) is 9.04. The third-order valence-corrected chi connectivity index (χ3v) is 11.3. The van der Waals surface area contributed by atoms with E-state index in [1.54, 1.807) is 0 Å². The highest BCUT2D eigenvalue weighted by Gasteiger charge is 2.47. The number of imidazole rings is 1. The van der Waals surface area contributed by atoms with Crippen molar-refractivity contribution in [2.45, 2.75) is 5.41 Å². The van der Waals surface area contributed by atoms with Gasteiger partial charge >= 0.3 is 0 Å². The van der Waals surface area contributed by atoms with Crippen molar-refractivity contribution in [3.8, 4) is 44.9 Å². The maximum absolute atomic E-state index is 5.51. The maximum atomic E-state index is 5.51. The molecule has 252 valence electrons. The standard InChI is InChI=1S/C51H33N3/c1-4-16-34(17-5-1)49-50(54-33-15-14-26-45(54)53-49)36-29-27-35(28-30-36)48-47-40(39-22-11-13-25-44(39)52-48)31-32-43-46(47)41-23-10-12-24-42(41)51(43,37-18-6-2-7-19-37)38-20-8-3-9-21-38/h1-33H. The molecule has 0 atom stereocenters. The molecule has 0 radical (unpaired) electrons.